The zero-order chi connectivity index (χ0) is 11.5. The lowest BCUT2D eigenvalue weighted by Gasteiger charge is -2.20. The van der Waals surface area contributed by atoms with E-state index in [9.17, 15) is 13.2 Å². The second kappa shape index (κ2) is 4.99. The first kappa shape index (κ1) is 12.5. The number of alkyl halides is 3. The minimum atomic E-state index is -4.12. The molecule has 15 heavy (non-hydrogen) atoms. The largest absolute Gasteiger partial charge is 0.396 e. The van der Waals surface area contributed by atoms with Gasteiger partial charge < -0.3 is 10.4 Å². The fourth-order valence-electron chi connectivity index (χ4n) is 1.81. The van der Waals surface area contributed by atoms with E-state index >= 15 is 0 Å². The van der Waals surface area contributed by atoms with E-state index in [1.807, 2.05) is 12.2 Å². The van der Waals surface area contributed by atoms with Crippen LogP contribution in [0, 0.1) is 5.92 Å². The molecule has 0 saturated carbocycles. The van der Waals surface area contributed by atoms with Gasteiger partial charge in [-0.25, -0.2) is 0 Å². The topological polar surface area (TPSA) is 32.3 Å². The van der Waals surface area contributed by atoms with Crippen LogP contribution in [0.5, 0.6) is 0 Å². The Morgan fingerprint density at radius 1 is 1.47 bits per heavy atom. The van der Waals surface area contributed by atoms with E-state index in [0.29, 0.717) is 6.42 Å². The summed E-state index contributed by atoms with van der Waals surface area (Å²) in [6.45, 7) is 1.58. The Bertz CT molecular complexity index is 227. The first-order valence-electron chi connectivity index (χ1n) is 5.02. The van der Waals surface area contributed by atoms with E-state index in [2.05, 4.69) is 5.32 Å². The highest BCUT2D eigenvalue weighted by Gasteiger charge is 2.31. The van der Waals surface area contributed by atoms with Crippen molar-refractivity contribution < 1.29 is 18.3 Å². The van der Waals surface area contributed by atoms with Crippen LogP contribution in [0.3, 0.4) is 0 Å². The first-order chi connectivity index (χ1) is 6.90. The van der Waals surface area contributed by atoms with Crippen LogP contribution in [0.25, 0.3) is 0 Å². The van der Waals surface area contributed by atoms with Crippen LogP contribution in [-0.2, 0) is 0 Å². The molecule has 88 valence electrons. The van der Waals surface area contributed by atoms with E-state index < -0.39 is 18.6 Å². The summed E-state index contributed by atoms with van der Waals surface area (Å²) >= 11 is 0. The Hall–Kier alpha value is -0.550. The third kappa shape index (κ3) is 4.66. The number of hydrogen-bond acceptors (Lipinski definition) is 2. The highest BCUT2D eigenvalue weighted by atomic mass is 19.4. The third-order valence-corrected chi connectivity index (χ3v) is 2.44. The molecule has 0 fully saturated rings. The smallest absolute Gasteiger partial charge is 0.390 e. The molecule has 0 bridgehead atoms. The van der Waals surface area contributed by atoms with E-state index in [1.54, 1.807) is 0 Å². The van der Waals surface area contributed by atoms with Gasteiger partial charge in [-0.1, -0.05) is 12.2 Å². The van der Waals surface area contributed by atoms with Gasteiger partial charge in [0.15, 0.2) is 0 Å². The van der Waals surface area contributed by atoms with Gasteiger partial charge in [0, 0.05) is 24.6 Å². The fourth-order valence-corrected chi connectivity index (χ4v) is 1.81. The van der Waals surface area contributed by atoms with Crippen molar-refractivity contribution >= 4 is 0 Å². The Morgan fingerprint density at radius 3 is 2.60 bits per heavy atom. The van der Waals surface area contributed by atoms with Crippen molar-refractivity contribution in [3.05, 3.63) is 12.2 Å². The molecule has 1 aliphatic rings. The molecule has 1 aliphatic carbocycles. The number of hydrogen-bond donors (Lipinski definition) is 2. The van der Waals surface area contributed by atoms with Crippen LogP contribution in [0.4, 0.5) is 13.2 Å². The molecule has 0 amide bonds. The van der Waals surface area contributed by atoms with Crippen molar-refractivity contribution in [3.8, 4) is 0 Å². The first-order valence-corrected chi connectivity index (χ1v) is 5.02. The summed E-state index contributed by atoms with van der Waals surface area (Å²) in [5.41, 5.74) is 0. The molecule has 0 heterocycles. The maximum atomic E-state index is 12.0. The molecule has 0 aromatic heterocycles. The molecule has 0 aromatic carbocycles. The molecule has 2 N–H and O–H groups in total. The number of nitrogens with one attached hydrogen (secondary N) is 1. The standard InChI is InChI=1S/C10H16F3NO/c1-7(5-10(11,12)13)14-9-3-2-8(4-9)6-15/h2-3,7-9,14-15H,4-6H2,1H3/t7?,8-,9+/m0/s1. The SMILES string of the molecule is CC(CC(F)(F)F)N[C@@H]1C=C[C@H](CO)C1. The molecule has 0 spiro atoms. The van der Waals surface area contributed by atoms with Gasteiger partial charge in [-0.2, -0.15) is 13.2 Å². The quantitative estimate of drug-likeness (QED) is 0.713. The normalized spacial score (nSPS) is 28.3. The van der Waals surface area contributed by atoms with Gasteiger partial charge in [-0.15, -0.1) is 0 Å². The molecular formula is C10H16F3NO. The number of rotatable bonds is 4. The van der Waals surface area contributed by atoms with E-state index in [-0.39, 0.29) is 18.6 Å². The van der Waals surface area contributed by atoms with Crippen LogP contribution in [0.1, 0.15) is 19.8 Å². The Kier molecular flexibility index (Phi) is 4.16. The monoisotopic (exact) mass is 223 g/mol. The lowest BCUT2D eigenvalue weighted by atomic mass is 10.1. The van der Waals surface area contributed by atoms with Gasteiger partial charge in [0.1, 0.15) is 0 Å². The van der Waals surface area contributed by atoms with E-state index in [1.165, 1.54) is 6.92 Å². The highest BCUT2D eigenvalue weighted by molar-refractivity contribution is 5.06. The molecule has 2 nitrogen and oxygen atoms in total. The summed E-state index contributed by atoms with van der Waals surface area (Å²) in [5.74, 6) is 0.0839. The Labute approximate surface area is 87.2 Å². The van der Waals surface area contributed by atoms with Crippen molar-refractivity contribution in [1.82, 2.24) is 5.32 Å². The number of halogens is 3. The van der Waals surface area contributed by atoms with Gasteiger partial charge in [0.25, 0.3) is 0 Å². The molecule has 3 atom stereocenters. The summed E-state index contributed by atoms with van der Waals surface area (Å²) in [6.07, 6.45) is -0.587. The average Bonchev–Trinajstić information content (AvgIpc) is 2.48. The lowest BCUT2D eigenvalue weighted by molar-refractivity contribution is -0.139. The van der Waals surface area contributed by atoms with Crippen molar-refractivity contribution in [3.63, 3.8) is 0 Å². The maximum Gasteiger partial charge on any atom is 0.390 e. The van der Waals surface area contributed by atoms with Gasteiger partial charge in [-0.3, -0.25) is 0 Å². The summed E-state index contributed by atoms with van der Waals surface area (Å²) in [5, 5.41) is 11.7. The molecule has 0 aromatic rings. The zero-order valence-electron chi connectivity index (χ0n) is 8.59. The second-order valence-corrected chi connectivity index (χ2v) is 4.06. The molecule has 0 radical (unpaired) electrons. The van der Waals surface area contributed by atoms with E-state index in [0.717, 1.165) is 0 Å². The molecule has 0 saturated heterocycles. The molecule has 5 heteroatoms. The highest BCUT2D eigenvalue weighted by Crippen LogP contribution is 2.23. The van der Waals surface area contributed by atoms with Gasteiger partial charge in [0.2, 0.25) is 0 Å². The molecule has 1 rings (SSSR count). The molecular weight excluding hydrogens is 207 g/mol. The summed E-state index contributed by atoms with van der Waals surface area (Å²) in [6, 6.07) is -0.628. The van der Waals surface area contributed by atoms with Gasteiger partial charge in [0.05, 0.1) is 6.42 Å². The molecule has 0 aliphatic heterocycles. The summed E-state index contributed by atoms with van der Waals surface area (Å²) < 4.78 is 36.1. The third-order valence-electron chi connectivity index (χ3n) is 2.44. The predicted molar refractivity (Wildman–Crippen MR) is 51.4 cm³/mol. The van der Waals surface area contributed by atoms with Crippen molar-refractivity contribution in [1.29, 1.82) is 0 Å². The van der Waals surface area contributed by atoms with Crippen LogP contribution in [0.15, 0.2) is 12.2 Å². The van der Waals surface area contributed by atoms with Crippen molar-refractivity contribution in [2.45, 2.75) is 38.0 Å². The van der Waals surface area contributed by atoms with Gasteiger partial charge >= 0.3 is 6.18 Å². The van der Waals surface area contributed by atoms with Gasteiger partial charge in [-0.05, 0) is 13.3 Å². The number of aliphatic hydroxyl groups excluding tert-OH is 1. The average molecular weight is 223 g/mol. The lowest BCUT2D eigenvalue weighted by Crippen LogP contribution is -2.37. The Morgan fingerprint density at radius 2 is 2.13 bits per heavy atom. The fraction of sp³-hybridized carbons (Fsp3) is 0.800. The maximum absolute atomic E-state index is 12.0. The van der Waals surface area contributed by atoms with Crippen LogP contribution < -0.4 is 5.32 Å². The predicted octanol–water partition coefficient (Wildman–Crippen LogP) is 1.85. The van der Waals surface area contributed by atoms with Crippen molar-refractivity contribution in [2.75, 3.05) is 6.61 Å². The minimum absolute atomic E-state index is 0.0421. The zero-order valence-corrected chi connectivity index (χ0v) is 8.59. The van der Waals surface area contributed by atoms with Crippen molar-refractivity contribution in [2.24, 2.45) is 5.92 Å². The Balaban J connectivity index is 2.28. The second-order valence-electron chi connectivity index (χ2n) is 4.06. The van der Waals surface area contributed by atoms with Crippen LogP contribution in [0.2, 0.25) is 0 Å². The van der Waals surface area contributed by atoms with Crippen LogP contribution >= 0.6 is 0 Å². The van der Waals surface area contributed by atoms with Crippen LogP contribution in [-0.4, -0.2) is 30.0 Å². The number of aliphatic hydroxyl groups is 1. The summed E-state index contributed by atoms with van der Waals surface area (Å²) in [4.78, 5) is 0. The molecule has 1 unspecified atom stereocenters. The minimum Gasteiger partial charge on any atom is -0.396 e. The summed E-state index contributed by atoms with van der Waals surface area (Å²) in [7, 11) is 0. The van der Waals surface area contributed by atoms with E-state index in [4.69, 9.17) is 5.11 Å².